The van der Waals surface area contributed by atoms with E-state index >= 15 is 0 Å². The van der Waals surface area contributed by atoms with Gasteiger partial charge >= 0.3 is 0 Å². The molecular formula is C19H21N3O3. The summed E-state index contributed by atoms with van der Waals surface area (Å²) < 4.78 is 5.40. The number of fused-ring (bicyclic) bond motifs is 1. The van der Waals surface area contributed by atoms with E-state index in [1.807, 2.05) is 38.1 Å². The van der Waals surface area contributed by atoms with Crippen molar-refractivity contribution in [3.63, 3.8) is 0 Å². The molecule has 3 aromatic rings. The fraction of sp³-hybridized carbons (Fsp3) is 0.316. The van der Waals surface area contributed by atoms with Crippen molar-refractivity contribution in [1.29, 1.82) is 0 Å². The Hall–Kier alpha value is -2.89. The number of nitrogens with one attached hydrogen (secondary N) is 1. The molecule has 1 atom stereocenters. The summed E-state index contributed by atoms with van der Waals surface area (Å²) in [5, 5.41) is 14.5. The molecule has 0 bridgehead atoms. The van der Waals surface area contributed by atoms with E-state index in [1.54, 1.807) is 20.0 Å². The van der Waals surface area contributed by atoms with Crippen molar-refractivity contribution in [3.8, 4) is 5.75 Å². The van der Waals surface area contributed by atoms with Gasteiger partial charge < -0.3 is 14.8 Å². The molecule has 0 fully saturated rings. The molecule has 0 saturated heterocycles. The number of rotatable bonds is 4. The van der Waals surface area contributed by atoms with E-state index in [4.69, 9.17) is 4.42 Å². The number of hydrogen-bond donors (Lipinski definition) is 2. The monoisotopic (exact) mass is 339 g/mol. The smallest absolute Gasteiger partial charge is 0.289 e. The number of phenols is 1. The van der Waals surface area contributed by atoms with E-state index in [2.05, 4.69) is 15.3 Å². The van der Waals surface area contributed by atoms with Crippen LogP contribution in [0.3, 0.4) is 0 Å². The number of nitrogens with zero attached hydrogens (tertiary/aromatic N) is 2. The zero-order valence-corrected chi connectivity index (χ0v) is 14.7. The van der Waals surface area contributed by atoms with Crippen molar-refractivity contribution in [2.45, 2.75) is 33.7 Å². The lowest BCUT2D eigenvalue weighted by Crippen LogP contribution is -2.32. The number of phenolic OH excluding ortho intramolecular Hbond substituents is 1. The molecule has 130 valence electrons. The van der Waals surface area contributed by atoms with Crippen molar-refractivity contribution in [3.05, 3.63) is 53.4 Å². The number of oxazole rings is 1. The maximum Gasteiger partial charge on any atom is 0.289 e. The topological polar surface area (TPSA) is 88.2 Å². The third kappa shape index (κ3) is 3.20. The van der Waals surface area contributed by atoms with Crippen LogP contribution in [0.5, 0.6) is 5.75 Å². The number of carbonyl (C=O) groups is 1. The van der Waals surface area contributed by atoms with Crippen LogP contribution < -0.4 is 5.32 Å². The molecule has 6 nitrogen and oxygen atoms in total. The van der Waals surface area contributed by atoms with Crippen LogP contribution in [0, 0.1) is 19.8 Å². The quantitative estimate of drug-likeness (QED) is 0.757. The molecular weight excluding hydrogens is 318 g/mol. The zero-order valence-electron chi connectivity index (χ0n) is 14.7. The van der Waals surface area contributed by atoms with Gasteiger partial charge in [0, 0.05) is 24.1 Å². The fourth-order valence-corrected chi connectivity index (χ4v) is 2.95. The van der Waals surface area contributed by atoms with Gasteiger partial charge in [-0.3, -0.25) is 9.78 Å². The Kier molecular flexibility index (Phi) is 4.44. The van der Waals surface area contributed by atoms with E-state index < -0.39 is 0 Å². The van der Waals surface area contributed by atoms with Crippen LogP contribution in [-0.4, -0.2) is 21.0 Å². The van der Waals surface area contributed by atoms with Gasteiger partial charge in [-0.05, 0) is 18.9 Å². The van der Waals surface area contributed by atoms with Crippen LogP contribution in [0.2, 0.25) is 0 Å². The first-order chi connectivity index (χ1) is 11.9. The minimum atomic E-state index is -0.385. The Bertz CT molecular complexity index is 931. The van der Waals surface area contributed by atoms with Gasteiger partial charge in [-0.2, -0.15) is 0 Å². The molecule has 1 amide bonds. The first-order valence-electron chi connectivity index (χ1n) is 8.20. The van der Waals surface area contributed by atoms with Gasteiger partial charge in [0.2, 0.25) is 5.76 Å². The molecule has 1 unspecified atom stereocenters. The van der Waals surface area contributed by atoms with Crippen molar-refractivity contribution < 1.29 is 14.3 Å². The van der Waals surface area contributed by atoms with Crippen molar-refractivity contribution >= 4 is 16.8 Å². The molecule has 0 aliphatic carbocycles. The SMILES string of the molecule is Cc1nc(C)c(C(=O)NC(c2ccc3cccnc3c2O)C(C)C)o1. The van der Waals surface area contributed by atoms with Crippen molar-refractivity contribution in [1.82, 2.24) is 15.3 Å². The Labute approximate surface area is 145 Å². The van der Waals surface area contributed by atoms with Gasteiger partial charge in [-0.25, -0.2) is 4.98 Å². The maximum absolute atomic E-state index is 12.6. The summed E-state index contributed by atoms with van der Waals surface area (Å²) in [6.45, 7) is 7.38. The summed E-state index contributed by atoms with van der Waals surface area (Å²) in [4.78, 5) is 21.0. The number of aryl methyl sites for hydroxylation is 2. The molecule has 2 heterocycles. The minimum Gasteiger partial charge on any atom is -0.505 e. The Balaban J connectivity index is 1.98. The molecule has 2 aromatic heterocycles. The predicted molar refractivity (Wildman–Crippen MR) is 94.4 cm³/mol. The number of amides is 1. The van der Waals surface area contributed by atoms with Crippen molar-refractivity contribution in [2.24, 2.45) is 5.92 Å². The lowest BCUT2D eigenvalue weighted by atomic mass is 9.94. The normalized spacial score (nSPS) is 12.5. The highest BCUT2D eigenvalue weighted by molar-refractivity contribution is 5.93. The summed E-state index contributed by atoms with van der Waals surface area (Å²) in [5.41, 5.74) is 1.69. The number of benzene rings is 1. The zero-order chi connectivity index (χ0) is 18.1. The number of carbonyl (C=O) groups excluding carboxylic acids is 1. The Morgan fingerprint density at radius 2 is 2.00 bits per heavy atom. The van der Waals surface area contributed by atoms with Gasteiger partial charge in [0.05, 0.1) is 11.7 Å². The summed E-state index contributed by atoms with van der Waals surface area (Å²) in [6, 6.07) is 7.03. The highest BCUT2D eigenvalue weighted by Crippen LogP contribution is 2.34. The van der Waals surface area contributed by atoms with E-state index in [0.717, 1.165) is 5.39 Å². The molecule has 2 N–H and O–H groups in total. The van der Waals surface area contributed by atoms with Gasteiger partial charge in [0.15, 0.2) is 5.89 Å². The van der Waals surface area contributed by atoms with Crippen LogP contribution in [0.25, 0.3) is 10.9 Å². The minimum absolute atomic E-state index is 0.0559. The average molecular weight is 339 g/mol. The predicted octanol–water partition coefficient (Wildman–Crippen LogP) is 3.67. The first kappa shape index (κ1) is 17.0. The van der Waals surface area contributed by atoms with Crippen molar-refractivity contribution in [2.75, 3.05) is 0 Å². The largest absolute Gasteiger partial charge is 0.505 e. The van der Waals surface area contributed by atoms with Crippen LogP contribution in [-0.2, 0) is 0 Å². The van der Waals surface area contributed by atoms with Crippen LogP contribution in [0.1, 0.15) is 47.6 Å². The second-order valence-corrected chi connectivity index (χ2v) is 6.42. The molecule has 6 heteroatoms. The lowest BCUT2D eigenvalue weighted by molar-refractivity contribution is 0.0894. The number of hydrogen-bond acceptors (Lipinski definition) is 5. The molecule has 0 saturated carbocycles. The van der Waals surface area contributed by atoms with Gasteiger partial charge in [0.25, 0.3) is 5.91 Å². The van der Waals surface area contributed by atoms with E-state index in [0.29, 0.717) is 22.7 Å². The van der Waals surface area contributed by atoms with Crippen LogP contribution in [0.15, 0.2) is 34.9 Å². The maximum atomic E-state index is 12.6. The Morgan fingerprint density at radius 3 is 2.64 bits per heavy atom. The molecule has 0 aliphatic heterocycles. The van der Waals surface area contributed by atoms with Gasteiger partial charge in [-0.1, -0.05) is 32.0 Å². The second kappa shape index (κ2) is 6.55. The fourth-order valence-electron chi connectivity index (χ4n) is 2.95. The number of aromatic nitrogens is 2. The summed E-state index contributed by atoms with van der Waals surface area (Å²) >= 11 is 0. The average Bonchev–Trinajstić information content (AvgIpc) is 2.92. The van der Waals surface area contributed by atoms with E-state index in [9.17, 15) is 9.90 Å². The second-order valence-electron chi connectivity index (χ2n) is 6.42. The van der Waals surface area contributed by atoms with Gasteiger partial charge in [0.1, 0.15) is 11.3 Å². The van der Waals surface area contributed by atoms with Gasteiger partial charge in [-0.15, -0.1) is 0 Å². The summed E-state index contributed by atoms with van der Waals surface area (Å²) in [5.74, 6) is 0.434. The van der Waals surface area contributed by atoms with Crippen LogP contribution in [0.4, 0.5) is 0 Å². The molecule has 0 spiro atoms. The number of pyridine rings is 1. The molecule has 0 aliphatic rings. The lowest BCUT2D eigenvalue weighted by Gasteiger charge is -2.23. The van der Waals surface area contributed by atoms with E-state index in [1.165, 1.54) is 0 Å². The Morgan fingerprint density at radius 1 is 1.24 bits per heavy atom. The highest BCUT2D eigenvalue weighted by Gasteiger charge is 2.25. The van der Waals surface area contributed by atoms with E-state index in [-0.39, 0.29) is 29.4 Å². The summed E-state index contributed by atoms with van der Waals surface area (Å²) in [6.07, 6.45) is 1.63. The third-order valence-corrected chi connectivity index (χ3v) is 4.18. The highest BCUT2D eigenvalue weighted by atomic mass is 16.4. The number of aromatic hydroxyl groups is 1. The molecule has 25 heavy (non-hydrogen) atoms. The molecule has 1 aromatic carbocycles. The third-order valence-electron chi connectivity index (χ3n) is 4.18. The molecule has 0 radical (unpaired) electrons. The van der Waals surface area contributed by atoms with Crippen LogP contribution >= 0.6 is 0 Å². The first-order valence-corrected chi connectivity index (χ1v) is 8.20. The standard InChI is InChI=1S/C19H21N3O3/c1-10(2)15(22-19(24)18-11(3)21-12(4)25-18)14-8-7-13-6-5-9-20-16(13)17(14)23/h5-10,15,23H,1-4H3,(H,22,24). The summed E-state index contributed by atoms with van der Waals surface area (Å²) in [7, 11) is 0. The molecule has 3 rings (SSSR count).